The average Bonchev–Trinajstić information content (AvgIpc) is 3.01. The van der Waals surface area contributed by atoms with Gasteiger partial charge in [-0.15, -0.1) is 0 Å². The van der Waals surface area contributed by atoms with Gasteiger partial charge >= 0.3 is 0 Å². The van der Waals surface area contributed by atoms with E-state index < -0.39 is 0 Å². The number of hydrogen-bond acceptors (Lipinski definition) is 1. The van der Waals surface area contributed by atoms with Crippen LogP contribution in [0, 0.1) is 0 Å². The summed E-state index contributed by atoms with van der Waals surface area (Å²) in [5.41, 5.74) is 6.27. The van der Waals surface area contributed by atoms with Crippen LogP contribution in [0.1, 0.15) is 105 Å². The third kappa shape index (κ3) is 15.7. The van der Waals surface area contributed by atoms with Gasteiger partial charge < -0.3 is 4.74 Å². The van der Waals surface area contributed by atoms with Crippen molar-refractivity contribution >= 4 is 47.8 Å². The van der Waals surface area contributed by atoms with Gasteiger partial charge in [-0.3, -0.25) is 0 Å². The van der Waals surface area contributed by atoms with Crippen molar-refractivity contribution in [3.8, 4) is 11.5 Å². The fourth-order valence-corrected chi connectivity index (χ4v) is 6.76. The van der Waals surface area contributed by atoms with E-state index in [1.807, 2.05) is 54.6 Å². The van der Waals surface area contributed by atoms with Gasteiger partial charge in [0.2, 0.25) is 0 Å². The highest BCUT2D eigenvalue weighted by molar-refractivity contribution is 9.11. The van der Waals surface area contributed by atoms with Crippen LogP contribution in [0.2, 0.25) is 0 Å². The zero-order valence-electron chi connectivity index (χ0n) is 32.2. The third-order valence-electron chi connectivity index (χ3n) is 7.75. The zero-order valence-corrected chi connectivity index (χ0v) is 36.9. The van der Waals surface area contributed by atoms with Crippen molar-refractivity contribution in [2.45, 2.75) is 105 Å². The summed E-state index contributed by atoms with van der Waals surface area (Å²) in [6.07, 6.45) is 0. The van der Waals surface area contributed by atoms with Crippen LogP contribution in [0.5, 0.6) is 11.5 Å². The molecule has 0 aliphatic carbocycles. The van der Waals surface area contributed by atoms with Gasteiger partial charge in [-0.1, -0.05) is 210 Å². The SMILES string of the molecule is CC(C)(C)c1ccc(Br)cc1.CC(C)(C)c1cccc(Oc2ccccc2)c1.CC(C)(C)c1ccccc1Br.CC(C)(C)c1ccccc1Br. The Balaban J connectivity index is 0.000000237. The number of ether oxygens (including phenoxy) is 1. The van der Waals surface area contributed by atoms with E-state index in [-0.39, 0.29) is 21.7 Å². The second-order valence-electron chi connectivity index (χ2n) is 16.4. The molecule has 0 spiro atoms. The van der Waals surface area contributed by atoms with Crippen molar-refractivity contribution < 1.29 is 4.74 Å². The monoisotopic (exact) mass is 862 g/mol. The predicted octanol–water partition coefficient (Wildman–Crippen LogP) is 16.0. The molecule has 1 nitrogen and oxygen atoms in total. The summed E-state index contributed by atoms with van der Waals surface area (Å²) < 4.78 is 9.36. The number of benzene rings is 5. The highest BCUT2D eigenvalue weighted by atomic mass is 79.9. The van der Waals surface area contributed by atoms with E-state index in [0.717, 1.165) is 16.0 Å². The molecular weight excluding hydrogens is 808 g/mol. The van der Waals surface area contributed by atoms with Crippen molar-refractivity contribution in [2.24, 2.45) is 0 Å². The van der Waals surface area contributed by atoms with E-state index in [2.05, 4.69) is 204 Å². The quantitative estimate of drug-likeness (QED) is 0.172. The van der Waals surface area contributed by atoms with Gasteiger partial charge in [0.15, 0.2) is 0 Å². The van der Waals surface area contributed by atoms with E-state index in [1.54, 1.807) is 0 Å². The highest BCUT2D eigenvalue weighted by Gasteiger charge is 2.17. The Labute approximate surface area is 329 Å². The maximum atomic E-state index is 5.81. The lowest BCUT2D eigenvalue weighted by molar-refractivity contribution is 0.478. The first-order valence-corrected chi connectivity index (χ1v) is 19.6. The molecule has 268 valence electrons. The van der Waals surface area contributed by atoms with Crippen LogP contribution >= 0.6 is 47.8 Å². The summed E-state index contributed by atoms with van der Waals surface area (Å²) in [5, 5.41) is 0. The molecule has 0 aliphatic heterocycles. The van der Waals surface area contributed by atoms with Crippen molar-refractivity contribution in [3.05, 3.63) is 163 Å². The molecule has 4 heteroatoms. The van der Waals surface area contributed by atoms with E-state index in [1.165, 1.54) is 31.2 Å². The smallest absolute Gasteiger partial charge is 0.127 e. The molecule has 0 aliphatic rings. The molecular formula is C46H57Br3O. The summed E-state index contributed by atoms with van der Waals surface area (Å²) in [5.74, 6) is 1.77. The molecule has 0 saturated heterocycles. The first-order valence-electron chi connectivity index (χ1n) is 17.2. The second kappa shape index (κ2) is 19.3. The standard InChI is InChI=1S/C16H18O.3C10H13Br/c1-16(2,3)13-8-7-11-15(12-13)17-14-9-5-4-6-10-14;1-10(2,3)8-4-6-9(11)7-5-8;2*1-10(2,3)8-6-4-5-7-9(8)11/h4-12H,1-3H3;3*4-7H,1-3H3. The number of hydrogen-bond donors (Lipinski definition) is 0. The third-order valence-corrected chi connectivity index (χ3v) is 9.66. The zero-order chi connectivity index (χ0) is 37.8. The van der Waals surface area contributed by atoms with Gasteiger partial charge in [-0.05, 0) is 92.4 Å². The minimum atomic E-state index is 0.149. The van der Waals surface area contributed by atoms with Crippen LogP contribution in [0.4, 0.5) is 0 Å². The Kier molecular flexibility index (Phi) is 16.8. The molecule has 0 N–H and O–H groups in total. The van der Waals surface area contributed by atoms with Crippen molar-refractivity contribution in [3.63, 3.8) is 0 Å². The lowest BCUT2D eigenvalue weighted by Crippen LogP contribution is -2.11. The minimum absolute atomic E-state index is 0.149. The first-order chi connectivity index (χ1) is 23.1. The Morgan fingerprint density at radius 2 is 0.760 bits per heavy atom. The average molecular weight is 866 g/mol. The number of rotatable bonds is 2. The maximum absolute atomic E-state index is 5.81. The minimum Gasteiger partial charge on any atom is -0.457 e. The Morgan fingerprint density at radius 1 is 0.360 bits per heavy atom. The van der Waals surface area contributed by atoms with Gasteiger partial charge in [0, 0.05) is 13.4 Å². The van der Waals surface area contributed by atoms with Gasteiger partial charge in [0.25, 0.3) is 0 Å². The van der Waals surface area contributed by atoms with Crippen LogP contribution in [0.3, 0.4) is 0 Å². The van der Waals surface area contributed by atoms with Crippen LogP contribution in [0.25, 0.3) is 0 Å². The Hall–Kier alpha value is -2.66. The topological polar surface area (TPSA) is 9.23 Å². The van der Waals surface area contributed by atoms with Crippen molar-refractivity contribution in [1.29, 1.82) is 0 Å². The van der Waals surface area contributed by atoms with Gasteiger partial charge in [-0.25, -0.2) is 0 Å². The molecule has 50 heavy (non-hydrogen) atoms. The molecule has 0 fully saturated rings. The maximum Gasteiger partial charge on any atom is 0.127 e. The Morgan fingerprint density at radius 3 is 1.14 bits per heavy atom. The molecule has 0 amide bonds. The molecule has 5 aromatic carbocycles. The lowest BCUT2D eigenvalue weighted by Gasteiger charge is -2.20. The van der Waals surface area contributed by atoms with E-state index >= 15 is 0 Å². The molecule has 0 atom stereocenters. The van der Waals surface area contributed by atoms with Gasteiger partial charge in [-0.2, -0.15) is 0 Å². The molecule has 0 heterocycles. The summed E-state index contributed by atoms with van der Waals surface area (Å²) in [6.45, 7) is 26.6. The highest BCUT2D eigenvalue weighted by Crippen LogP contribution is 2.31. The number of halogens is 3. The molecule has 0 radical (unpaired) electrons. The van der Waals surface area contributed by atoms with Gasteiger partial charge in [0.1, 0.15) is 11.5 Å². The molecule has 5 aromatic rings. The normalized spacial score (nSPS) is 11.5. The molecule has 0 bridgehead atoms. The van der Waals surface area contributed by atoms with Gasteiger partial charge in [0.05, 0.1) is 0 Å². The Bertz CT molecular complexity index is 1660. The van der Waals surface area contributed by atoms with E-state index in [4.69, 9.17) is 4.74 Å². The predicted molar refractivity (Wildman–Crippen MR) is 230 cm³/mol. The summed E-state index contributed by atoms with van der Waals surface area (Å²) in [4.78, 5) is 0. The summed E-state index contributed by atoms with van der Waals surface area (Å²) in [6, 6.07) is 43.3. The largest absolute Gasteiger partial charge is 0.457 e. The molecule has 5 rings (SSSR count). The van der Waals surface area contributed by atoms with Crippen LogP contribution in [-0.4, -0.2) is 0 Å². The van der Waals surface area contributed by atoms with Crippen LogP contribution in [0.15, 0.2) is 141 Å². The van der Waals surface area contributed by atoms with Crippen molar-refractivity contribution in [1.82, 2.24) is 0 Å². The molecule has 0 saturated carbocycles. The van der Waals surface area contributed by atoms with E-state index in [9.17, 15) is 0 Å². The summed E-state index contributed by atoms with van der Waals surface area (Å²) in [7, 11) is 0. The van der Waals surface area contributed by atoms with Crippen LogP contribution in [-0.2, 0) is 21.7 Å². The molecule has 0 aromatic heterocycles. The molecule has 0 unspecified atom stereocenters. The number of para-hydroxylation sites is 1. The fraction of sp³-hybridized carbons (Fsp3) is 0.348. The second-order valence-corrected chi connectivity index (χ2v) is 19.0. The fourth-order valence-electron chi connectivity index (χ4n) is 4.74. The van der Waals surface area contributed by atoms with E-state index in [0.29, 0.717) is 0 Å². The summed E-state index contributed by atoms with van der Waals surface area (Å²) >= 11 is 10.5. The van der Waals surface area contributed by atoms with Crippen LogP contribution < -0.4 is 4.74 Å². The lowest BCUT2D eigenvalue weighted by atomic mass is 9.87. The van der Waals surface area contributed by atoms with Crippen molar-refractivity contribution in [2.75, 3.05) is 0 Å². The first kappa shape index (κ1) is 43.5.